The Kier molecular flexibility index (Phi) is 5.99. The summed E-state index contributed by atoms with van der Waals surface area (Å²) in [7, 11) is 0. The highest BCUT2D eigenvalue weighted by Crippen LogP contribution is 2.35. The van der Waals surface area contributed by atoms with Crippen molar-refractivity contribution in [3.05, 3.63) is 69.3 Å². The molecule has 1 amide bonds. The van der Waals surface area contributed by atoms with Gasteiger partial charge in [0.15, 0.2) is 0 Å². The summed E-state index contributed by atoms with van der Waals surface area (Å²) < 4.78 is 11.1. The minimum atomic E-state index is -0.573. The Labute approximate surface area is 189 Å². The third-order valence-electron chi connectivity index (χ3n) is 6.09. The average molecular weight is 437 g/mol. The number of fused-ring (bicyclic) bond motifs is 1. The van der Waals surface area contributed by atoms with Crippen molar-refractivity contribution in [3.63, 3.8) is 0 Å². The number of hydrogen-bond donors (Lipinski definition) is 1. The standard InChI is InChI=1S/C26H32N2O4/c1-16-6-7-18(17(2)12-16)13-21-20(9-8-19-15-31-24(29)23(19)21)22-14-27-10-11-28(22)25(30)32-26(3,4)5/h6-9,12,22,27H,10-11,13-15H2,1-5H3. The number of benzene rings is 2. The quantitative estimate of drug-likeness (QED) is 0.720. The van der Waals surface area contributed by atoms with E-state index in [1.165, 1.54) is 11.1 Å². The maximum atomic E-state index is 13.0. The van der Waals surface area contributed by atoms with Crippen LogP contribution >= 0.6 is 0 Å². The van der Waals surface area contributed by atoms with Crippen molar-refractivity contribution < 1.29 is 19.1 Å². The number of hydrogen-bond acceptors (Lipinski definition) is 5. The molecule has 32 heavy (non-hydrogen) atoms. The van der Waals surface area contributed by atoms with Crippen LogP contribution < -0.4 is 5.32 Å². The van der Waals surface area contributed by atoms with E-state index < -0.39 is 5.60 Å². The second-order valence-electron chi connectivity index (χ2n) is 9.74. The summed E-state index contributed by atoms with van der Waals surface area (Å²) in [6.45, 7) is 11.9. The maximum Gasteiger partial charge on any atom is 0.410 e. The SMILES string of the molecule is Cc1ccc(Cc2c(C3CNCCN3C(=O)OC(C)(C)C)ccc3c2C(=O)OC3)c(C)c1. The van der Waals surface area contributed by atoms with E-state index in [9.17, 15) is 9.59 Å². The lowest BCUT2D eigenvalue weighted by Crippen LogP contribution is -2.50. The normalized spacial score (nSPS) is 18.3. The van der Waals surface area contributed by atoms with Crippen LogP contribution in [0.15, 0.2) is 30.3 Å². The molecule has 0 spiro atoms. The van der Waals surface area contributed by atoms with Gasteiger partial charge in [0.05, 0.1) is 11.6 Å². The third-order valence-corrected chi connectivity index (χ3v) is 6.09. The number of piperazine rings is 1. The number of nitrogens with zero attached hydrogens (tertiary/aromatic N) is 1. The van der Waals surface area contributed by atoms with Crippen molar-refractivity contribution in [1.29, 1.82) is 0 Å². The Morgan fingerprint density at radius 3 is 2.72 bits per heavy atom. The van der Waals surface area contributed by atoms with Crippen LogP contribution in [-0.2, 0) is 22.5 Å². The number of aryl methyl sites for hydroxylation is 2. The summed E-state index contributed by atoms with van der Waals surface area (Å²) in [5, 5.41) is 3.40. The van der Waals surface area contributed by atoms with Gasteiger partial charge in [0, 0.05) is 25.2 Å². The Morgan fingerprint density at radius 1 is 1.22 bits per heavy atom. The van der Waals surface area contributed by atoms with Crippen molar-refractivity contribution in [3.8, 4) is 0 Å². The van der Waals surface area contributed by atoms with Gasteiger partial charge in [-0.15, -0.1) is 0 Å². The summed E-state index contributed by atoms with van der Waals surface area (Å²) in [6.07, 6.45) is 0.280. The van der Waals surface area contributed by atoms with Gasteiger partial charge < -0.3 is 14.8 Å². The second kappa shape index (κ2) is 8.58. The number of rotatable bonds is 3. The predicted molar refractivity (Wildman–Crippen MR) is 123 cm³/mol. The molecule has 2 aromatic rings. The zero-order valence-corrected chi connectivity index (χ0v) is 19.6. The van der Waals surface area contributed by atoms with Gasteiger partial charge in [0.2, 0.25) is 0 Å². The topological polar surface area (TPSA) is 67.9 Å². The van der Waals surface area contributed by atoms with E-state index in [-0.39, 0.29) is 18.1 Å². The van der Waals surface area contributed by atoms with Crippen molar-refractivity contribution >= 4 is 12.1 Å². The lowest BCUT2D eigenvalue weighted by molar-refractivity contribution is 0.0117. The first kappa shape index (κ1) is 22.3. The minimum absolute atomic E-state index is 0.224. The molecule has 6 nitrogen and oxygen atoms in total. The Balaban J connectivity index is 1.78. The molecule has 1 N–H and O–H groups in total. The van der Waals surface area contributed by atoms with Crippen molar-refractivity contribution in [2.75, 3.05) is 19.6 Å². The van der Waals surface area contributed by atoms with Crippen LogP contribution in [0.1, 0.15) is 70.6 Å². The molecule has 2 heterocycles. The molecule has 0 aliphatic carbocycles. The third kappa shape index (κ3) is 4.51. The fourth-order valence-corrected chi connectivity index (χ4v) is 4.56. The highest BCUT2D eigenvalue weighted by Gasteiger charge is 2.35. The summed E-state index contributed by atoms with van der Waals surface area (Å²) >= 11 is 0. The van der Waals surface area contributed by atoms with E-state index in [0.29, 0.717) is 38.2 Å². The van der Waals surface area contributed by atoms with E-state index >= 15 is 0 Å². The number of carbonyl (C=O) groups is 2. The molecule has 0 saturated carbocycles. The maximum absolute atomic E-state index is 13.0. The van der Waals surface area contributed by atoms with Crippen LogP contribution in [-0.4, -0.2) is 42.2 Å². The molecule has 1 saturated heterocycles. The van der Waals surface area contributed by atoms with Gasteiger partial charge in [-0.2, -0.15) is 0 Å². The first-order valence-electron chi connectivity index (χ1n) is 11.2. The van der Waals surface area contributed by atoms with Crippen LogP contribution in [0.25, 0.3) is 0 Å². The fourth-order valence-electron chi connectivity index (χ4n) is 4.56. The Bertz CT molecular complexity index is 1050. The summed E-state index contributed by atoms with van der Waals surface area (Å²) in [5.41, 5.74) is 6.46. The number of cyclic esters (lactones) is 1. The van der Waals surface area contributed by atoms with Gasteiger partial charge in [-0.05, 0) is 63.3 Å². The first-order valence-corrected chi connectivity index (χ1v) is 11.2. The van der Waals surface area contributed by atoms with E-state index in [1.54, 1.807) is 4.90 Å². The first-order chi connectivity index (χ1) is 15.1. The molecule has 0 aromatic heterocycles. The number of carbonyl (C=O) groups excluding carboxylic acids is 2. The molecule has 1 atom stereocenters. The molecule has 6 heteroatoms. The molecule has 2 aromatic carbocycles. The summed E-state index contributed by atoms with van der Waals surface area (Å²) in [6, 6.07) is 10.2. The summed E-state index contributed by atoms with van der Waals surface area (Å²) in [5.74, 6) is -0.283. The molecule has 1 unspecified atom stereocenters. The molecule has 1 fully saturated rings. The minimum Gasteiger partial charge on any atom is -0.457 e. The predicted octanol–water partition coefficient (Wildman–Crippen LogP) is 4.45. The molecule has 2 aliphatic heterocycles. The number of nitrogens with one attached hydrogen (secondary N) is 1. The van der Waals surface area contributed by atoms with Crippen molar-refractivity contribution in [1.82, 2.24) is 10.2 Å². The number of esters is 1. The largest absolute Gasteiger partial charge is 0.457 e. The van der Waals surface area contributed by atoms with Crippen LogP contribution in [0, 0.1) is 13.8 Å². The van der Waals surface area contributed by atoms with Gasteiger partial charge in [-0.25, -0.2) is 9.59 Å². The average Bonchev–Trinajstić information content (AvgIpc) is 3.10. The highest BCUT2D eigenvalue weighted by molar-refractivity contribution is 5.95. The smallest absolute Gasteiger partial charge is 0.410 e. The zero-order valence-electron chi connectivity index (χ0n) is 19.6. The number of ether oxygens (including phenoxy) is 2. The lowest BCUT2D eigenvalue weighted by Gasteiger charge is -2.38. The van der Waals surface area contributed by atoms with Crippen LogP contribution in [0.5, 0.6) is 0 Å². The fraction of sp³-hybridized carbons (Fsp3) is 0.462. The van der Waals surface area contributed by atoms with E-state index in [4.69, 9.17) is 9.47 Å². The van der Waals surface area contributed by atoms with Gasteiger partial charge in [0.1, 0.15) is 12.2 Å². The van der Waals surface area contributed by atoms with Crippen LogP contribution in [0.4, 0.5) is 4.79 Å². The van der Waals surface area contributed by atoms with E-state index in [0.717, 1.165) is 22.3 Å². The van der Waals surface area contributed by atoms with Crippen LogP contribution in [0.3, 0.4) is 0 Å². The Morgan fingerprint density at radius 2 is 2.00 bits per heavy atom. The van der Waals surface area contributed by atoms with Crippen molar-refractivity contribution in [2.45, 2.75) is 59.3 Å². The van der Waals surface area contributed by atoms with E-state index in [1.807, 2.05) is 26.8 Å². The molecular weight excluding hydrogens is 404 g/mol. The Hall–Kier alpha value is -2.86. The lowest BCUT2D eigenvalue weighted by atomic mass is 9.87. The van der Waals surface area contributed by atoms with E-state index in [2.05, 4.69) is 43.4 Å². The van der Waals surface area contributed by atoms with Gasteiger partial charge in [-0.3, -0.25) is 4.90 Å². The summed E-state index contributed by atoms with van der Waals surface area (Å²) in [4.78, 5) is 27.5. The monoisotopic (exact) mass is 436 g/mol. The second-order valence-corrected chi connectivity index (χ2v) is 9.74. The molecule has 4 rings (SSSR count). The number of amides is 1. The zero-order chi connectivity index (χ0) is 23.0. The van der Waals surface area contributed by atoms with Crippen LogP contribution in [0.2, 0.25) is 0 Å². The van der Waals surface area contributed by atoms with Crippen molar-refractivity contribution in [2.24, 2.45) is 0 Å². The molecule has 2 aliphatic rings. The molecule has 0 bridgehead atoms. The van der Waals surface area contributed by atoms with Gasteiger partial charge in [0.25, 0.3) is 0 Å². The molecule has 0 radical (unpaired) electrons. The molecular formula is C26H32N2O4. The van der Waals surface area contributed by atoms with Gasteiger partial charge in [-0.1, -0.05) is 35.9 Å². The molecule has 170 valence electrons. The van der Waals surface area contributed by atoms with Gasteiger partial charge >= 0.3 is 12.1 Å². The highest BCUT2D eigenvalue weighted by atomic mass is 16.6.